The Morgan fingerprint density at radius 1 is 1.17 bits per heavy atom. The molecule has 0 fully saturated rings. The zero-order valence-electron chi connectivity index (χ0n) is 6.13. The molecule has 1 aromatic rings. The topological polar surface area (TPSA) is 91.2 Å². The second-order valence-corrected chi connectivity index (χ2v) is 2.21. The molecule has 0 radical (unpaired) electrons. The van der Waals surface area contributed by atoms with Gasteiger partial charge in [-0.05, 0) is 0 Å². The van der Waals surface area contributed by atoms with E-state index in [1.165, 1.54) is 11.6 Å². The molecule has 64 valence electrons. The number of aryl methyl sites for hydroxylation is 1. The summed E-state index contributed by atoms with van der Waals surface area (Å²) in [6, 6.07) is 0. The highest BCUT2D eigenvalue weighted by atomic mass is 16.6. The van der Waals surface area contributed by atoms with Gasteiger partial charge in [0, 0.05) is 7.05 Å². The van der Waals surface area contributed by atoms with E-state index in [1.54, 1.807) is 0 Å². The zero-order valence-corrected chi connectivity index (χ0v) is 6.13. The lowest BCUT2D eigenvalue weighted by Gasteiger charge is -1.84. The summed E-state index contributed by atoms with van der Waals surface area (Å²) in [5, 5.41) is 20.5. The van der Waals surface area contributed by atoms with Crippen LogP contribution in [0.15, 0.2) is 12.4 Å². The zero-order chi connectivity index (χ0) is 9.30. The maximum Gasteiger partial charge on any atom is 0.363 e. The summed E-state index contributed by atoms with van der Waals surface area (Å²) < 4.78 is 1.27. The van der Waals surface area contributed by atoms with Crippen LogP contribution in [0.5, 0.6) is 0 Å². The summed E-state index contributed by atoms with van der Waals surface area (Å²) >= 11 is 0. The average molecular weight is 171 g/mol. The van der Waals surface area contributed by atoms with E-state index < -0.39 is 21.2 Å². The molecule has 12 heavy (non-hydrogen) atoms. The third kappa shape index (κ3) is 1.24. The minimum Gasteiger partial charge on any atom is -0.345 e. The van der Waals surface area contributed by atoms with Crippen molar-refractivity contribution in [2.75, 3.05) is 0 Å². The predicted octanol–water partition coefficient (Wildman–Crippen LogP) is 0.841. The van der Waals surface area contributed by atoms with Gasteiger partial charge in [-0.25, -0.2) is 0 Å². The van der Waals surface area contributed by atoms with Crippen molar-refractivity contribution in [2.24, 2.45) is 7.05 Å². The highest BCUT2D eigenvalue weighted by molar-refractivity contribution is 5.50. The molecule has 1 aromatic heterocycles. The maximum atomic E-state index is 10.2. The number of nitro groups is 2. The third-order valence-corrected chi connectivity index (χ3v) is 1.31. The summed E-state index contributed by atoms with van der Waals surface area (Å²) in [6.45, 7) is 0. The molecule has 7 heteroatoms. The standard InChI is InChI=1S/C5H5N3O4/c1-6-2-4(7(9)10)5(3-6)8(11)12/h2-3H,1H3. The van der Waals surface area contributed by atoms with Crippen LogP contribution in [0.2, 0.25) is 0 Å². The van der Waals surface area contributed by atoms with E-state index in [2.05, 4.69) is 0 Å². The Kier molecular flexibility index (Phi) is 1.78. The fourth-order valence-corrected chi connectivity index (χ4v) is 0.837. The van der Waals surface area contributed by atoms with Crippen LogP contribution < -0.4 is 0 Å². The SMILES string of the molecule is Cn1cc([N+](=O)[O-])c([N+](=O)[O-])c1. The minimum absolute atomic E-state index is 0.484. The van der Waals surface area contributed by atoms with E-state index in [9.17, 15) is 20.2 Å². The van der Waals surface area contributed by atoms with E-state index in [1.807, 2.05) is 0 Å². The van der Waals surface area contributed by atoms with E-state index in [0.29, 0.717) is 0 Å². The first kappa shape index (κ1) is 8.18. The lowest BCUT2D eigenvalue weighted by Crippen LogP contribution is -1.91. The Morgan fingerprint density at radius 2 is 1.50 bits per heavy atom. The molecular formula is C5H5N3O4. The fraction of sp³-hybridized carbons (Fsp3) is 0.200. The predicted molar refractivity (Wildman–Crippen MR) is 38.7 cm³/mol. The third-order valence-electron chi connectivity index (χ3n) is 1.31. The second kappa shape index (κ2) is 2.61. The Hall–Kier alpha value is -1.92. The quantitative estimate of drug-likeness (QED) is 0.486. The van der Waals surface area contributed by atoms with Gasteiger partial charge in [-0.2, -0.15) is 0 Å². The van der Waals surface area contributed by atoms with Crippen LogP contribution in [0.1, 0.15) is 0 Å². The molecule has 1 rings (SSSR count). The Balaban J connectivity index is 3.26. The van der Waals surface area contributed by atoms with Gasteiger partial charge in [0.2, 0.25) is 0 Å². The monoisotopic (exact) mass is 171 g/mol. The highest BCUT2D eigenvalue weighted by Gasteiger charge is 2.25. The van der Waals surface area contributed by atoms with Crippen LogP contribution in [0.25, 0.3) is 0 Å². The van der Waals surface area contributed by atoms with Crippen LogP contribution in [0.3, 0.4) is 0 Å². The number of nitrogens with zero attached hydrogens (tertiary/aromatic N) is 3. The molecule has 0 saturated carbocycles. The van der Waals surface area contributed by atoms with E-state index in [-0.39, 0.29) is 0 Å². The number of rotatable bonds is 2. The Morgan fingerprint density at radius 3 is 1.75 bits per heavy atom. The van der Waals surface area contributed by atoms with Crippen LogP contribution >= 0.6 is 0 Å². The molecule has 0 atom stereocenters. The summed E-state index contributed by atoms with van der Waals surface area (Å²) in [5.74, 6) is 0. The van der Waals surface area contributed by atoms with Gasteiger partial charge in [0.25, 0.3) is 0 Å². The summed E-state index contributed by atoms with van der Waals surface area (Å²) in [6.07, 6.45) is 2.19. The van der Waals surface area contributed by atoms with Gasteiger partial charge in [0.05, 0.1) is 22.2 Å². The minimum atomic E-state index is -0.780. The molecule has 0 bridgehead atoms. The molecule has 0 aliphatic heterocycles. The molecule has 0 aliphatic rings. The average Bonchev–Trinajstić information content (AvgIpc) is 2.31. The lowest BCUT2D eigenvalue weighted by molar-refractivity contribution is -0.421. The van der Waals surface area contributed by atoms with Crippen molar-refractivity contribution < 1.29 is 9.85 Å². The van der Waals surface area contributed by atoms with Gasteiger partial charge in [-0.15, -0.1) is 0 Å². The fourth-order valence-electron chi connectivity index (χ4n) is 0.837. The van der Waals surface area contributed by atoms with Crippen LogP contribution in [0, 0.1) is 20.2 Å². The van der Waals surface area contributed by atoms with Crippen LogP contribution in [0.4, 0.5) is 11.4 Å². The first-order chi connectivity index (χ1) is 5.52. The van der Waals surface area contributed by atoms with E-state index >= 15 is 0 Å². The van der Waals surface area contributed by atoms with Crippen molar-refractivity contribution >= 4 is 11.4 Å². The van der Waals surface area contributed by atoms with Gasteiger partial charge in [-0.1, -0.05) is 0 Å². The van der Waals surface area contributed by atoms with Gasteiger partial charge in [-0.3, -0.25) is 20.2 Å². The molecule has 7 nitrogen and oxygen atoms in total. The van der Waals surface area contributed by atoms with Crippen LogP contribution in [-0.4, -0.2) is 14.4 Å². The molecule has 0 aromatic carbocycles. The second-order valence-electron chi connectivity index (χ2n) is 2.21. The molecular weight excluding hydrogens is 166 g/mol. The smallest absolute Gasteiger partial charge is 0.345 e. The van der Waals surface area contributed by atoms with Crippen molar-refractivity contribution in [3.63, 3.8) is 0 Å². The molecule has 0 saturated heterocycles. The summed E-state index contributed by atoms with van der Waals surface area (Å²) in [7, 11) is 1.49. The van der Waals surface area contributed by atoms with E-state index in [4.69, 9.17) is 0 Å². The van der Waals surface area contributed by atoms with Gasteiger partial charge in [0.1, 0.15) is 0 Å². The van der Waals surface area contributed by atoms with Crippen molar-refractivity contribution in [3.05, 3.63) is 32.6 Å². The lowest BCUT2D eigenvalue weighted by atomic mass is 10.5. The molecule has 0 N–H and O–H groups in total. The molecule has 0 spiro atoms. The molecule has 0 amide bonds. The largest absolute Gasteiger partial charge is 0.363 e. The highest BCUT2D eigenvalue weighted by Crippen LogP contribution is 2.26. The first-order valence-corrected chi connectivity index (χ1v) is 2.97. The molecule has 0 aliphatic carbocycles. The number of hydrogen-bond acceptors (Lipinski definition) is 4. The van der Waals surface area contributed by atoms with Crippen molar-refractivity contribution in [1.82, 2.24) is 4.57 Å². The van der Waals surface area contributed by atoms with Crippen molar-refractivity contribution in [1.29, 1.82) is 0 Å². The molecule has 0 unspecified atom stereocenters. The number of aromatic nitrogens is 1. The van der Waals surface area contributed by atoms with Gasteiger partial charge < -0.3 is 4.57 Å². The Bertz CT molecular complexity index is 311. The summed E-state index contributed by atoms with van der Waals surface area (Å²) in [4.78, 5) is 18.9. The van der Waals surface area contributed by atoms with Crippen LogP contribution in [-0.2, 0) is 7.05 Å². The van der Waals surface area contributed by atoms with Gasteiger partial charge >= 0.3 is 11.4 Å². The Labute approximate surface area is 66.5 Å². The molecule has 1 heterocycles. The first-order valence-electron chi connectivity index (χ1n) is 2.97. The summed E-state index contributed by atoms with van der Waals surface area (Å²) in [5.41, 5.74) is -0.968. The number of hydrogen-bond donors (Lipinski definition) is 0. The maximum absolute atomic E-state index is 10.2. The van der Waals surface area contributed by atoms with Crippen molar-refractivity contribution in [2.45, 2.75) is 0 Å². The van der Waals surface area contributed by atoms with E-state index in [0.717, 1.165) is 12.4 Å². The van der Waals surface area contributed by atoms with Crippen molar-refractivity contribution in [3.8, 4) is 0 Å². The van der Waals surface area contributed by atoms with Gasteiger partial charge in [0.15, 0.2) is 0 Å². The normalized spacial score (nSPS) is 9.75.